The molecule has 1 aliphatic heterocycles. The highest BCUT2D eigenvalue weighted by Gasteiger charge is 2.21. The van der Waals surface area contributed by atoms with Crippen molar-refractivity contribution in [3.05, 3.63) is 58.6 Å². The molecule has 0 unspecified atom stereocenters. The molecule has 5 rings (SSSR count). The number of anilines is 1. The monoisotopic (exact) mass is 466 g/mol. The third kappa shape index (κ3) is 3.70. The van der Waals surface area contributed by atoms with Gasteiger partial charge in [0.25, 0.3) is 0 Å². The number of aromatic nitrogens is 3. The maximum Gasteiger partial charge on any atom is 0.224 e. The maximum atomic E-state index is 6.70. The molecule has 0 saturated carbocycles. The zero-order chi connectivity index (χ0) is 22.2. The second-order valence-corrected chi connectivity index (χ2v) is 8.59. The second-order valence-electron chi connectivity index (χ2n) is 7.14. The van der Waals surface area contributed by atoms with Crippen molar-refractivity contribution < 1.29 is 14.2 Å². The molecule has 9 heteroatoms. The van der Waals surface area contributed by atoms with Crippen LogP contribution < -0.4 is 15.2 Å². The Bertz CT molecular complexity index is 1350. The van der Waals surface area contributed by atoms with E-state index in [0.29, 0.717) is 40.7 Å². The Labute approximate surface area is 193 Å². The van der Waals surface area contributed by atoms with E-state index >= 15 is 0 Å². The zero-order valence-corrected chi connectivity index (χ0v) is 19.0. The van der Waals surface area contributed by atoms with Gasteiger partial charge in [0.2, 0.25) is 5.95 Å². The number of hydrogen-bond acceptors (Lipinski definition) is 8. The van der Waals surface area contributed by atoms with Crippen LogP contribution in [0.15, 0.2) is 52.5 Å². The summed E-state index contributed by atoms with van der Waals surface area (Å²) in [6.45, 7) is 1.08. The number of hydrogen-bond donors (Lipinski definition) is 1. The average molecular weight is 467 g/mol. The minimum absolute atomic E-state index is 0.123. The summed E-state index contributed by atoms with van der Waals surface area (Å²) < 4.78 is 16.4. The smallest absolute Gasteiger partial charge is 0.224 e. The highest BCUT2D eigenvalue weighted by atomic mass is 35.5. The molecule has 0 radical (unpaired) electrons. The number of nitrogens with two attached hydrogens (primary N) is 1. The Morgan fingerprint density at radius 3 is 2.59 bits per heavy atom. The summed E-state index contributed by atoms with van der Waals surface area (Å²) in [5, 5.41) is 3.11. The quantitative estimate of drug-likeness (QED) is 0.433. The van der Waals surface area contributed by atoms with Crippen molar-refractivity contribution in [3.8, 4) is 22.9 Å². The van der Waals surface area contributed by atoms with Gasteiger partial charge in [0.1, 0.15) is 0 Å². The number of benzene rings is 3. The van der Waals surface area contributed by atoms with Crippen LogP contribution in [-0.4, -0.2) is 29.2 Å². The molecule has 32 heavy (non-hydrogen) atoms. The van der Waals surface area contributed by atoms with E-state index in [4.69, 9.17) is 31.5 Å². The van der Waals surface area contributed by atoms with Gasteiger partial charge in [-0.15, -0.1) is 0 Å². The number of nitrogen functional groups attached to an aromatic ring is 1. The van der Waals surface area contributed by atoms with Crippen LogP contribution in [0.2, 0.25) is 5.02 Å². The minimum atomic E-state index is 0.123. The van der Waals surface area contributed by atoms with Crippen molar-refractivity contribution in [1.82, 2.24) is 15.0 Å². The second kappa shape index (κ2) is 8.46. The van der Waals surface area contributed by atoms with Gasteiger partial charge in [0.15, 0.2) is 22.5 Å². The van der Waals surface area contributed by atoms with E-state index in [9.17, 15) is 0 Å². The number of methoxy groups -OCH3 is 2. The van der Waals surface area contributed by atoms with E-state index < -0.39 is 0 Å². The molecule has 1 aliphatic rings. The van der Waals surface area contributed by atoms with Crippen LogP contribution in [0, 0.1) is 0 Å². The van der Waals surface area contributed by atoms with Gasteiger partial charge in [0, 0.05) is 10.5 Å². The molecule has 1 aromatic heterocycles. The van der Waals surface area contributed by atoms with Crippen molar-refractivity contribution in [1.29, 1.82) is 0 Å². The Morgan fingerprint density at radius 1 is 0.969 bits per heavy atom. The summed E-state index contributed by atoms with van der Waals surface area (Å²) in [6, 6.07) is 13.6. The molecule has 4 aromatic rings. The van der Waals surface area contributed by atoms with Gasteiger partial charge in [-0.3, -0.25) is 0 Å². The number of ether oxygens (including phenoxy) is 3. The van der Waals surface area contributed by atoms with Crippen LogP contribution in [0.25, 0.3) is 22.2 Å². The third-order valence-corrected chi connectivity index (χ3v) is 6.37. The molecule has 0 saturated heterocycles. The lowest BCUT2D eigenvalue weighted by molar-refractivity contribution is 0.103. The van der Waals surface area contributed by atoms with Gasteiger partial charge in [-0.1, -0.05) is 29.8 Å². The Balaban J connectivity index is 1.61. The summed E-state index contributed by atoms with van der Waals surface area (Å²) in [7, 11) is 3.19. The third-order valence-electron chi connectivity index (χ3n) is 5.22. The summed E-state index contributed by atoms with van der Waals surface area (Å²) in [4.78, 5) is 14.3. The van der Waals surface area contributed by atoms with Gasteiger partial charge in [-0.05, 0) is 57.9 Å². The first-order valence-electron chi connectivity index (χ1n) is 9.80. The lowest BCUT2D eigenvalue weighted by Crippen LogP contribution is -2.06. The van der Waals surface area contributed by atoms with E-state index in [-0.39, 0.29) is 5.95 Å². The van der Waals surface area contributed by atoms with E-state index in [0.717, 1.165) is 32.4 Å². The first-order chi connectivity index (χ1) is 15.6. The van der Waals surface area contributed by atoms with Crippen LogP contribution >= 0.6 is 23.4 Å². The van der Waals surface area contributed by atoms with E-state index in [1.54, 1.807) is 14.2 Å². The molecule has 0 atom stereocenters. The molecular formula is C23H19ClN4O3S. The molecule has 3 aromatic carbocycles. The predicted molar refractivity (Wildman–Crippen MR) is 124 cm³/mol. The van der Waals surface area contributed by atoms with Gasteiger partial charge < -0.3 is 19.9 Å². The number of nitrogens with zero attached hydrogens (tertiary/aromatic N) is 3. The van der Waals surface area contributed by atoms with Crippen molar-refractivity contribution in [3.63, 3.8) is 0 Å². The summed E-state index contributed by atoms with van der Waals surface area (Å²) in [5.41, 5.74) is 8.96. The fourth-order valence-corrected chi connectivity index (χ4v) is 4.96. The SMILES string of the molecule is COc1ccc(Sc2nc(N)nc(-c3c(Cl)cc4c5c(cccc35)COC4)n2)cc1OC. The minimum Gasteiger partial charge on any atom is -0.493 e. The molecule has 2 heterocycles. The standard InChI is InChI=1S/C23H19ClN4O3S/c1-29-17-7-6-14(9-18(17)30-2)32-23-27-21(26-22(25)28-23)20-15-5-3-4-12-10-31-11-13(19(12)15)8-16(20)24/h3-9H,10-11H2,1-2H3,(H2,25,26,27,28). The fraction of sp³-hybridized carbons (Fsp3) is 0.174. The van der Waals surface area contributed by atoms with E-state index in [2.05, 4.69) is 21.0 Å². The Hall–Kier alpha value is -3.07. The first kappa shape index (κ1) is 20.8. The molecule has 7 nitrogen and oxygen atoms in total. The predicted octanol–water partition coefficient (Wildman–Crippen LogP) is 5.13. The Kier molecular flexibility index (Phi) is 5.50. The van der Waals surface area contributed by atoms with Crippen molar-refractivity contribution >= 4 is 40.1 Å². The lowest BCUT2D eigenvalue weighted by atomic mass is 9.94. The van der Waals surface area contributed by atoms with Gasteiger partial charge >= 0.3 is 0 Å². The van der Waals surface area contributed by atoms with E-state index in [1.807, 2.05) is 36.4 Å². The molecule has 0 aliphatic carbocycles. The van der Waals surface area contributed by atoms with E-state index in [1.165, 1.54) is 11.8 Å². The van der Waals surface area contributed by atoms with Crippen molar-refractivity contribution in [2.45, 2.75) is 23.3 Å². The molecule has 2 N–H and O–H groups in total. The zero-order valence-electron chi connectivity index (χ0n) is 17.4. The van der Waals surface area contributed by atoms with Crippen LogP contribution in [0.5, 0.6) is 11.5 Å². The Morgan fingerprint density at radius 2 is 1.78 bits per heavy atom. The first-order valence-corrected chi connectivity index (χ1v) is 11.0. The van der Waals surface area contributed by atoms with Crippen molar-refractivity contribution in [2.24, 2.45) is 0 Å². The lowest BCUT2D eigenvalue weighted by Gasteiger charge is -2.20. The molecule has 0 bridgehead atoms. The summed E-state index contributed by atoms with van der Waals surface area (Å²) in [6.07, 6.45) is 0. The number of halogens is 1. The topological polar surface area (TPSA) is 92.4 Å². The highest BCUT2D eigenvalue weighted by Crippen LogP contribution is 2.40. The molecular weight excluding hydrogens is 448 g/mol. The number of rotatable bonds is 5. The van der Waals surface area contributed by atoms with Gasteiger partial charge in [0.05, 0.1) is 32.5 Å². The van der Waals surface area contributed by atoms with Crippen LogP contribution in [0.4, 0.5) is 5.95 Å². The van der Waals surface area contributed by atoms with Crippen LogP contribution in [-0.2, 0) is 18.0 Å². The maximum absolute atomic E-state index is 6.70. The molecule has 162 valence electrons. The average Bonchev–Trinajstić information content (AvgIpc) is 2.79. The normalized spacial score (nSPS) is 12.7. The summed E-state index contributed by atoms with van der Waals surface area (Å²) >= 11 is 8.05. The fourth-order valence-electron chi connectivity index (χ4n) is 3.86. The van der Waals surface area contributed by atoms with Gasteiger partial charge in [-0.2, -0.15) is 9.97 Å². The van der Waals surface area contributed by atoms with Crippen molar-refractivity contribution in [2.75, 3.05) is 20.0 Å². The summed E-state index contributed by atoms with van der Waals surface area (Å²) in [5.74, 6) is 1.82. The largest absolute Gasteiger partial charge is 0.493 e. The molecule has 0 amide bonds. The molecule has 0 fully saturated rings. The van der Waals surface area contributed by atoms with Crippen LogP contribution in [0.1, 0.15) is 11.1 Å². The van der Waals surface area contributed by atoms with Gasteiger partial charge in [-0.25, -0.2) is 4.98 Å². The highest BCUT2D eigenvalue weighted by molar-refractivity contribution is 7.99. The molecule has 0 spiro atoms. The van der Waals surface area contributed by atoms with Crippen LogP contribution in [0.3, 0.4) is 0 Å².